The number of rotatable bonds is 5. The van der Waals surface area contributed by atoms with E-state index >= 15 is 0 Å². The molecule has 1 N–H and O–H groups in total. The van der Waals surface area contributed by atoms with Crippen molar-refractivity contribution in [3.8, 4) is 6.01 Å². The Morgan fingerprint density at radius 1 is 1.41 bits per heavy atom. The van der Waals surface area contributed by atoms with Crippen LogP contribution in [-0.2, 0) is 6.61 Å². The van der Waals surface area contributed by atoms with Crippen LogP contribution >= 0.6 is 0 Å². The molecule has 5 nitrogen and oxygen atoms in total. The van der Waals surface area contributed by atoms with Crippen LogP contribution in [0.2, 0.25) is 0 Å². The summed E-state index contributed by atoms with van der Waals surface area (Å²) in [6, 6.07) is 0.402. The van der Waals surface area contributed by atoms with Gasteiger partial charge in [0.1, 0.15) is 6.61 Å². The first-order valence-corrected chi connectivity index (χ1v) is 6.08. The van der Waals surface area contributed by atoms with Crippen molar-refractivity contribution in [2.24, 2.45) is 0 Å². The van der Waals surface area contributed by atoms with Gasteiger partial charge in [-0.3, -0.25) is 4.90 Å². The highest BCUT2D eigenvalue weighted by Gasteiger charge is 2.11. The zero-order valence-corrected chi connectivity index (χ0v) is 10.2. The normalized spacial score (nSPS) is 16.4. The lowest BCUT2D eigenvalue weighted by atomic mass is 10.3. The van der Waals surface area contributed by atoms with Crippen LogP contribution in [0.15, 0.2) is 6.20 Å². The second kappa shape index (κ2) is 5.93. The summed E-state index contributed by atoms with van der Waals surface area (Å²) in [5, 5.41) is 9.00. The van der Waals surface area contributed by atoms with Gasteiger partial charge in [-0.05, 0) is 32.9 Å². The molecule has 0 amide bonds. The molecule has 94 valence electrons. The van der Waals surface area contributed by atoms with E-state index in [0.717, 1.165) is 17.8 Å². The average Bonchev–Trinajstić information content (AvgIpc) is 2.82. The number of aromatic nitrogens is 2. The van der Waals surface area contributed by atoms with Crippen molar-refractivity contribution in [1.82, 2.24) is 14.9 Å². The lowest BCUT2D eigenvalue weighted by molar-refractivity contribution is 0.224. The van der Waals surface area contributed by atoms with Crippen molar-refractivity contribution in [2.45, 2.75) is 26.4 Å². The highest BCUT2D eigenvalue weighted by molar-refractivity contribution is 5.16. The molecule has 1 saturated heterocycles. The van der Waals surface area contributed by atoms with E-state index in [1.54, 1.807) is 6.20 Å². The minimum absolute atomic E-state index is 0.0279. The smallest absolute Gasteiger partial charge is 0.316 e. The maximum absolute atomic E-state index is 9.00. The molecule has 0 saturated carbocycles. The monoisotopic (exact) mass is 237 g/mol. The number of nitrogens with zero attached hydrogens (tertiary/aromatic N) is 3. The third-order valence-electron chi connectivity index (χ3n) is 3.07. The number of hydrogen-bond donors (Lipinski definition) is 1. The fourth-order valence-corrected chi connectivity index (χ4v) is 1.97. The molecule has 1 aromatic rings. The lowest BCUT2D eigenvalue weighted by Gasteiger charge is -2.14. The van der Waals surface area contributed by atoms with Crippen molar-refractivity contribution in [3.63, 3.8) is 0 Å². The molecule has 2 heterocycles. The van der Waals surface area contributed by atoms with Crippen LogP contribution in [0.3, 0.4) is 0 Å². The number of aliphatic hydroxyl groups is 1. The molecule has 0 radical (unpaired) electrons. The third-order valence-corrected chi connectivity index (χ3v) is 3.07. The lowest BCUT2D eigenvalue weighted by Crippen LogP contribution is -2.25. The molecule has 1 aliphatic rings. The minimum Gasteiger partial charge on any atom is -0.462 e. The number of hydrogen-bond acceptors (Lipinski definition) is 5. The molecule has 1 aliphatic heterocycles. The maximum atomic E-state index is 9.00. The summed E-state index contributed by atoms with van der Waals surface area (Å²) in [4.78, 5) is 10.6. The largest absolute Gasteiger partial charge is 0.462 e. The van der Waals surface area contributed by atoms with E-state index in [1.807, 2.05) is 6.92 Å². The van der Waals surface area contributed by atoms with Crippen LogP contribution in [0.1, 0.15) is 24.1 Å². The Labute approximate surface area is 101 Å². The van der Waals surface area contributed by atoms with Gasteiger partial charge in [0.15, 0.2) is 0 Å². The van der Waals surface area contributed by atoms with Crippen molar-refractivity contribution < 1.29 is 9.84 Å². The summed E-state index contributed by atoms with van der Waals surface area (Å²) in [6.45, 7) is 5.72. The summed E-state index contributed by atoms with van der Waals surface area (Å²) in [7, 11) is 0. The van der Waals surface area contributed by atoms with E-state index in [0.29, 0.717) is 12.6 Å². The maximum Gasteiger partial charge on any atom is 0.316 e. The summed E-state index contributed by atoms with van der Waals surface area (Å²) < 4.78 is 5.50. The van der Waals surface area contributed by atoms with Gasteiger partial charge in [0.05, 0.1) is 12.3 Å². The predicted molar refractivity (Wildman–Crippen MR) is 63.9 cm³/mol. The van der Waals surface area contributed by atoms with Gasteiger partial charge in [0, 0.05) is 18.3 Å². The van der Waals surface area contributed by atoms with E-state index in [1.165, 1.54) is 25.9 Å². The van der Waals surface area contributed by atoms with Gasteiger partial charge in [-0.15, -0.1) is 0 Å². The van der Waals surface area contributed by atoms with Crippen LogP contribution in [0.4, 0.5) is 0 Å². The number of aryl methyl sites for hydroxylation is 1. The molecule has 0 aromatic carbocycles. The second-order valence-electron chi connectivity index (χ2n) is 4.32. The van der Waals surface area contributed by atoms with E-state index in [9.17, 15) is 0 Å². The molecular formula is C12H19N3O2. The van der Waals surface area contributed by atoms with Gasteiger partial charge in [0.25, 0.3) is 0 Å². The molecule has 0 unspecified atom stereocenters. The van der Waals surface area contributed by atoms with Crippen molar-refractivity contribution in [3.05, 3.63) is 17.5 Å². The van der Waals surface area contributed by atoms with Gasteiger partial charge in [-0.2, -0.15) is 0 Å². The van der Waals surface area contributed by atoms with Gasteiger partial charge >= 0.3 is 6.01 Å². The molecule has 0 bridgehead atoms. The van der Waals surface area contributed by atoms with Gasteiger partial charge in [0.2, 0.25) is 0 Å². The average molecular weight is 237 g/mol. The van der Waals surface area contributed by atoms with E-state index < -0.39 is 0 Å². The summed E-state index contributed by atoms with van der Waals surface area (Å²) in [5.41, 5.74) is 1.52. The Bertz CT molecular complexity index is 365. The number of aliphatic hydroxyl groups excluding tert-OH is 1. The molecule has 1 aromatic heterocycles. The van der Waals surface area contributed by atoms with Crippen LogP contribution in [-0.4, -0.2) is 46.2 Å². The first-order valence-electron chi connectivity index (χ1n) is 6.08. The van der Waals surface area contributed by atoms with Crippen molar-refractivity contribution in [2.75, 3.05) is 26.2 Å². The zero-order chi connectivity index (χ0) is 12.1. The fourth-order valence-electron chi connectivity index (χ4n) is 1.97. The zero-order valence-electron chi connectivity index (χ0n) is 10.2. The Balaban J connectivity index is 1.80. The molecule has 1 fully saturated rings. The molecule has 0 atom stereocenters. The molecule has 0 spiro atoms. The van der Waals surface area contributed by atoms with E-state index in [-0.39, 0.29) is 6.61 Å². The topological polar surface area (TPSA) is 58.5 Å². The van der Waals surface area contributed by atoms with Crippen LogP contribution < -0.4 is 4.74 Å². The fraction of sp³-hybridized carbons (Fsp3) is 0.667. The molecular weight excluding hydrogens is 218 g/mol. The first kappa shape index (κ1) is 12.3. The summed E-state index contributed by atoms with van der Waals surface area (Å²) >= 11 is 0. The Kier molecular flexibility index (Phi) is 4.28. The van der Waals surface area contributed by atoms with Crippen LogP contribution in [0, 0.1) is 6.92 Å². The molecule has 0 aliphatic carbocycles. The second-order valence-corrected chi connectivity index (χ2v) is 4.32. The number of likely N-dealkylation sites (tertiary alicyclic amines) is 1. The van der Waals surface area contributed by atoms with Gasteiger partial charge < -0.3 is 9.84 Å². The van der Waals surface area contributed by atoms with Gasteiger partial charge in [-0.1, -0.05) is 0 Å². The Morgan fingerprint density at radius 2 is 2.18 bits per heavy atom. The number of ether oxygens (including phenoxy) is 1. The van der Waals surface area contributed by atoms with E-state index in [4.69, 9.17) is 9.84 Å². The van der Waals surface area contributed by atoms with Gasteiger partial charge in [-0.25, -0.2) is 9.97 Å². The van der Waals surface area contributed by atoms with E-state index in [2.05, 4.69) is 14.9 Å². The van der Waals surface area contributed by atoms with Crippen molar-refractivity contribution >= 4 is 0 Å². The molecule has 17 heavy (non-hydrogen) atoms. The Hall–Kier alpha value is -1.20. The minimum atomic E-state index is -0.0279. The quantitative estimate of drug-likeness (QED) is 0.819. The highest BCUT2D eigenvalue weighted by Crippen LogP contribution is 2.09. The highest BCUT2D eigenvalue weighted by atomic mass is 16.5. The SMILES string of the molecule is Cc1nc(OCCN2CCCC2)ncc1CO. The Morgan fingerprint density at radius 3 is 2.82 bits per heavy atom. The molecule has 2 rings (SSSR count). The summed E-state index contributed by atoms with van der Waals surface area (Å²) in [6.07, 6.45) is 4.20. The van der Waals surface area contributed by atoms with Crippen LogP contribution in [0.5, 0.6) is 6.01 Å². The third kappa shape index (κ3) is 3.38. The van der Waals surface area contributed by atoms with Crippen molar-refractivity contribution in [1.29, 1.82) is 0 Å². The van der Waals surface area contributed by atoms with Crippen LogP contribution in [0.25, 0.3) is 0 Å². The predicted octanol–water partition coefficient (Wildman–Crippen LogP) is 0.752. The summed E-state index contributed by atoms with van der Waals surface area (Å²) in [5.74, 6) is 0. The molecule has 5 heteroatoms. The standard InChI is InChI=1S/C12H19N3O2/c1-10-11(9-16)8-13-12(14-10)17-7-6-15-4-2-3-5-15/h8,16H,2-7,9H2,1H3. The first-order chi connectivity index (χ1) is 8.29.